The Morgan fingerprint density at radius 1 is 1.43 bits per heavy atom. The quantitative estimate of drug-likeness (QED) is 0.729. The predicted octanol–water partition coefficient (Wildman–Crippen LogP) is 1.56. The highest BCUT2D eigenvalue weighted by atomic mass is 15.1. The van der Waals surface area contributed by atoms with E-state index in [1.165, 1.54) is 11.3 Å². The van der Waals surface area contributed by atoms with Gasteiger partial charge < -0.3 is 10.6 Å². The van der Waals surface area contributed by atoms with Gasteiger partial charge >= 0.3 is 0 Å². The highest BCUT2D eigenvalue weighted by Crippen LogP contribution is 2.27. The maximum Gasteiger partial charge on any atom is 0.0402 e. The summed E-state index contributed by atoms with van der Waals surface area (Å²) in [6.07, 6.45) is 1.15. The standard InChI is InChI=1S/C12H16N2/c1-10(8-13)9-14-7-6-11-4-2-3-5-12(11)14/h2-5H,1,6-9,13H2. The third kappa shape index (κ3) is 1.66. The second kappa shape index (κ2) is 3.84. The van der Waals surface area contributed by atoms with Crippen LogP contribution in [0.4, 0.5) is 5.69 Å². The normalized spacial score (nSPS) is 14.2. The fraction of sp³-hybridized carbons (Fsp3) is 0.333. The van der Waals surface area contributed by atoms with Gasteiger partial charge in [0.05, 0.1) is 0 Å². The van der Waals surface area contributed by atoms with Crippen molar-refractivity contribution < 1.29 is 0 Å². The molecule has 0 saturated heterocycles. The molecule has 0 aromatic heterocycles. The Bertz CT molecular complexity index is 344. The minimum atomic E-state index is 0.582. The Balaban J connectivity index is 2.14. The second-order valence-electron chi connectivity index (χ2n) is 3.75. The van der Waals surface area contributed by atoms with Crippen molar-refractivity contribution in [2.45, 2.75) is 6.42 Å². The van der Waals surface area contributed by atoms with Crippen LogP contribution in [0.25, 0.3) is 0 Å². The van der Waals surface area contributed by atoms with E-state index < -0.39 is 0 Å². The molecule has 0 fully saturated rings. The molecule has 1 aliphatic rings. The van der Waals surface area contributed by atoms with Gasteiger partial charge in [-0.25, -0.2) is 0 Å². The lowest BCUT2D eigenvalue weighted by atomic mass is 10.2. The lowest BCUT2D eigenvalue weighted by molar-refractivity contribution is 0.866. The van der Waals surface area contributed by atoms with E-state index in [-0.39, 0.29) is 0 Å². The minimum Gasteiger partial charge on any atom is -0.367 e. The summed E-state index contributed by atoms with van der Waals surface area (Å²) in [6.45, 7) is 6.52. The Labute approximate surface area is 85.0 Å². The van der Waals surface area contributed by atoms with Crippen molar-refractivity contribution in [2.24, 2.45) is 5.73 Å². The van der Waals surface area contributed by atoms with E-state index in [1.807, 2.05) is 0 Å². The van der Waals surface area contributed by atoms with E-state index >= 15 is 0 Å². The summed E-state index contributed by atoms with van der Waals surface area (Å²) in [5.74, 6) is 0. The molecule has 2 nitrogen and oxygen atoms in total. The van der Waals surface area contributed by atoms with Crippen molar-refractivity contribution in [3.63, 3.8) is 0 Å². The zero-order valence-corrected chi connectivity index (χ0v) is 8.37. The monoisotopic (exact) mass is 188 g/mol. The van der Waals surface area contributed by atoms with Gasteiger partial charge in [-0.15, -0.1) is 0 Å². The molecular weight excluding hydrogens is 172 g/mol. The van der Waals surface area contributed by atoms with Gasteiger partial charge in [0.2, 0.25) is 0 Å². The van der Waals surface area contributed by atoms with Crippen LogP contribution in [-0.2, 0) is 6.42 Å². The molecule has 1 aliphatic heterocycles. The van der Waals surface area contributed by atoms with E-state index in [0.717, 1.165) is 25.1 Å². The SMILES string of the molecule is C=C(CN)CN1CCc2ccccc21. The van der Waals surface area contributed by atoms with Crippen LogP contribution >= 0.6 is 0 Å². The molecule has 2 N–H and O–H groups in total. The van der Waals surface area contributed by atoms with Crippen LogP contribution in [0.2, 0.25) is 0 Å². The van der Waals surface area contributed by atoms with Gasteiger partial charge in [0.15, 0.2) is 0 Å². The number of benzene rings is 1. The number of para-hydroxylation sites is 1. The summed E-state index contributed by atoms with van der Waals surface area (Å²) in [5, 5.41) is 0. The van der Waals surface area contributed by atoms with Gasteiger partial charge in [-0.3, -0.25) is 0 Å². The summed E-state index contributed by atoms with van der Waals surface area (Å²) < 4.78 is 0. The maximum atomic E-state index is 5.54. The molecule has 0 saturated carbocycles. The minimum absolute atomic E-state index is 0.582. The molecule has 1 aromatic carbocycles. The molecule has 0 atom stereocenters. The lowest BCUT2D eigenvalue weighted by Gasteiger charge is -2.19. The van der Waals surface area contributed by atoms with Gasteiger partial charge in [-0.1, -0.05) is 24.8 Å². The van der Waals surface area contributed by atoms with E-state index in [0.29, 0.717) is 6.54 Å². The first-order chi connectivity index (χ1) is 6.81. The molecule has 2 heteroatoms. The fourth-order valence-electron chi connectivity index (χ4n) is 1.91. The van der Waals surface area contributed by atoms with Crippen molar-refractivity contribution in [3.8, 4) is 0 Å². The molecule has 74 valence electrons. The van der Waals surface area contributed by atoms with Crippen LogP contribution in [0.3, 0.4) is 0 Å². The highest BCUT2D eigenvalue weighted by Gasteiger charge is 2.17. The van der Waals surface area contributed by atoms with E-state index in [9.17, 15) is 0 Å². The van der Waals surface area contributed by atoms with Crippen LogP contribution in [0, 0.1) is 0 Å². The van der Waals surface area contributed by atoms with Gasteiger partial charge in [0.1, 0.15) is 0 Å². The summed E-state index contributed by atoms with van der Waals surface area (Å²) >= 11 is 0. The van der Waals surface area contributed by atoms with Gasteiger partial charge in [-0.05, 0) is 23.6 Å². The van der Waals surface area contributed by atoms with E-state index in [4.69, 9.17) is 5.73 Å². The average molecular weight is 188 g/mol. The molecule has 14 heavy (non-hydrogen) atoms. The van der Waals surface area contributed by atoms with Crippen molar-refractivity contribution in [2.75, 3.05) is 24.5 Å². The van der Waals surface area contributed by atoms with E-state index in [2.05, 4.69) is 35.7 Å². The Hall–Kier alpha value is -1.28. The second-order valence-corrected chi connectivity index (χ2v) is 3.75. The number of hydrogen-bond acceptors (Lipinski definition) is 2. The molecule has 1 heterocycles. The van der Waals surface area contributed by atoms with Crippen LogP contribution in [0.1, 0.15) is 5.56 Å². The zero-order chi connectivity index (χ0) is 9.97. The number of rotatable bonds is 3. The first kappa shape index (κ1) is 9.28. The van der Waals surface area contributed by atoms with Crippen molar-refractivity contribution in [1.29, 1.82) is 0 Å². The topological polar surface area (TPSA) is 29.3 Å². The first-order valence-corrected chi connectivity index (χ1v) is 5.01. The lowest BCUT2D eigenvalue weighted by Crippen LogP contribution is -2.25. The van der Waals surface area contributed by atoms with Crippen LogP contribution < -0.4 is 10.6 Å². The summed E-state index contributed by atoms with van der Waals surface area (Å²) in [5.41, 5.74) is 9.43. The predicted molar refractivity (Wildman–Crippen MR) is 60.6 cm³/mol. The third-order valence-electron chi connectivity index (χ3n) is 2.69. The Kier molecular flexibility index (Phi) is 2.55. The highest BCUT2D eigenvalue weighted by molar-refractivity contribution is 5.58. The Morgan fingerprint density at radius 2 is 2.21 bits per heavy atom. The van der Waals surface area contributed by atoms with Crippen LogP contribution in [-0.4, -0.2) is 19.6 Å². The molecule has 2 rings (SSSR count). The van der Waals surface area contributed by atoms with Crippen molar-refractivity contribution >= 4 is 5.69 Å². The first-order valence-electron chi connectivity index (χ1n) is 5.01. The summed E-state index contributed by atoms with van der Waals surface area (Å²) in [6, 6.07) is 8.55. The molecule has 0 unspecified atom stereocenters. The maximum absolute atomic E-state index is 5.54. The third-order valence-corrected chi connectivity index (χ3v) is 2.69. The number of fused-ring (bicyclic) bond motifs is 1. The molecule has 0 amide bonds. The smallest absolute Gasteiger partial charge is 0.0402 e. The van der Waals surface area contributed by atoms with Gasteiger partial charge in [-0.2, -0.15) is 0 Å². The number of nitrogens with zero attached hydrogens (tertiary/aromatic N) is 1. The van der Waals surface area contributed by atoms with Crippen LogP contribution in [0.5, 0.6) is 0 Å². The molecule has 0 bridgehead atoms. The molecule has 0 aliphatic carbocycles. The number of hydrogen-bond donors (Lipinski definition) is 1. The molecular formula is C12H16N2. The molecule has 0 spiro atoms. The number of nitrogens with two attached hydrogens (primary N) is 1. The summed E-state index contributed by atoms with van der Waals surface area (Å²) in [4.78, 5) is 2.35. The van der Waals surface area contributed by atoms with Gasteiger partial charge in [0, 0.05) is 25.3 Å². The van der Waals surface area contributed by atoms with E-state index in [1.54, 1.807) is 0 Å². The fourth-order valence-corrected chi connectivity index (χ4v) is 1.91. The van der Waals surface area contributed by atoms with Crippen molar-refractivity contribution in [3.05, 3.63) is 42.0 Å². The van der Waals surface area contributed by atoms with Gasteiger partial charge in [0.25, 0.3) is 0 Å². The average Bonchev–Trinajstić information content (AvgIpc) is 2.62. The largest absolute Gasteiger partial charge is 0.367 e. The van der Waals surface area contributed by atoms with Crippen molar-refractivity contribution in [1.82, 2.24) is 0 Å². The molecule has 1 aromatic rings. The Morgan fingerprint density at radius 3 is 3.00 bits per heavy atom. The number of anilines is 1. The zero-order valence-electron chi connectivity index (χ0n) is 8.37. The molecule has 0 radical (unpaired) electrons. The summed E-state index contributed by atoms with van der Waals surface area (Å²) in [7, 11) is 0. The van der Waals surface area contributed by atoms with Crippen LogP contribution in [0.15, 0.2) is 36.4 Å².